The summed E-state index contributed by atoms with van der Waals surface area (Å²) in [6, 6.07) is 7.09. The predicted molar refractivity (Wildman–Crippen MR) is 79.5 cm³/mol. The first-order valence-corrected chi connectivity index (χ1v) is 6.99. The molecule has 1 N–H and O–H groups in total. The van der Waals surface area contributed by atoms with Crippen molar-refractivity contribution >= 4 is 5.82 Å². The maximum Gasteiger partial charge on any atom is 0.182 e. The summed E-state index contributed by atoms with van der Waals surface area (Å²) in [5, 5.41) is 8.30. The van der Waals surface area contributed by atoms with Gasteiger partial charge in [0.15, 0.2) is 11.2 Å². The van der Waals surface area contributed by atoms with Crippen LogP contribution < -0.4 is 10.3 Å². The van der Waals surface area contributed by atoms with Gasteiger partial charge >= 0.3 is 0 Å². The Kier molecular flexibility index (Phi) is 3.70. The Labute approximate surface area is 122 Å². The summed E-state index contributed by atoms with van der Waals surface area (Å²) in [5.41, 5.74) is 2.54. The summed E-state index contributed by atoms with van der Waals surface area (Å²) in [7, 11) is 0. The van der Waals surface area contributed by atoms with Crippen molar-refractivity contribution in [2.45, 2.75) is 20.0 Å². The molecule has 0 bridgehead atoms. The highest BCUT2D eigenvalue weighted by molar-refractivity contribution is 5.38. The van der Waals surface area contributed by atoms with Crippen molar-refractivity contribution in [3.8, 4) is 0 Å². The summed E-state index contributed by atoms with van der Waals surface area (Å²) in [5.74, 6) is 0.837. The highest BCUT2D eigenvalue weighted by Crippen LogP contribution is 2.23. The maximum atomic E-state index is 11.6. The smallest absolute Gasteiger partial charge is 0.182 e. The molecule has 1 unspecified atom stereocenters. The van der Waals surface area contributed by atoms with E-state index in [2.05, 4.69) is 20.1 Å². The monoisotopic (exact) mass is 286 g/mol. The van der Waals surface area contributed by atoms with Gasteiger partial charge in [-0.2, -0.15) is 5.10 Å². The summed E-state index contributed by atoms with van der Waals surface area (Å²) in [4.78, 5) is 17.0. The second kappa shape index (κ2) is 5.65. The number of anilines is 1. The highest BCUT2D eigenvalue weighted by atomic mass is 16.5. The number of nitrogens with zero attached hydrogens (tertiary/aromatic N) is 3. The lowest BCUT2D eigenvalue weighted by molar-refractivity contribution is 0.0365. The second-order valence-electron chi connectivity index (χ2n) is 5.29. The average Bonchev–Trinajstić information content (AvgIpc) is 2.47. The number of ether oxygens (including phenoxy) is 1. The molecule has 2 aromatic heterocycles. The minimum absolute atomic E-state index is 0.00268. The zero-order valence-electron chi connectivity index (χ0n) is 12.2. The molecule has 0 saturated carbocycles. The Bertz CT molecular complexity index is 681. The minimum atomic E-state index is -0.158. The number of morpholine rings is 1. The number of aryl methyl sites for hydroxylation is 2. The Morgan fingerprint density at radius 3 is 2.86 bits per heavy atom. The van der Waals surface area contributed by atoms with Gasteiger partial charge in [0, 0.05) is 30.1 Å². The third-order valence-corrected chi connectivity index (χ3v) is 3.52. The molecular formula is C15H18N4O2. The van der Waals surface area contributed by atoms with Crippen molar-refractivity contribution in [1.29, 1.82) is 0 Å². The molecule has 21 heavy (non-hydrogen) atoms. The third-order valence-electron chi connectivity index (χ3n) is 3.52. The molecule has 1 aliphatic rings. The van der Waals surface area contributed by atoms with Crippen molar-refractivity contribution in [1.82, 2.24) is 15.2 Å². The lowest BCUT2D eigenvalue weighted by Crippen LogP contribution is -2.39. The Morgan fingerprint density at radius 2 is 2.14 bits per heavy atom. The van der Waals surface area contributed by atoms with Gasteiger partial charge in [-0.3, -0.25) is 4.79 Å². The number of pyridine rings is 1. The van der Waals surface area contributed by atoms with Crippen molar-refractivity contribution in [3.05, 3.63) is 51.6 Å². The molecule has 6 nitrogen and oxygen atoms in total. The number of aromatic nitrogens is 3. The van der Waals surface area contributed by atoms with Crippen LogP contribution in [0.2, 0.25) is 0 Å². The van der Waals surface area contributed by atoms with Gasteiger partial charge in [-0.1, -0.05) is 0 Å². The third kappa shape index (κ3) is 3.11. The number of H-pyrrole nitrogens is 1. The van der Waals surface area contributed by atoms with Gasteiger partial charge in [0.2, 0.25) is 0 Å². The maximum absolute atomic E-state index is 11.6. The molecule has 1 atom stereocenters. The van der Waals surface area contributed by atoms with E-state index in [0.717, 1.165) is 29.4 Å². The van der Waals surface area contributed by atoms with Crippen LogP contribution in [0.25, 0.3) is 0 Å². The van der Waals surface area contributed by atoms with E-state index in [1.807, 2.05) is 26.0 Å². The van der Waals surface area contributed by atoms with E-state index in [9.17, 15) is 4.79 Å². The van der Waals surface area contributed by atoms with Gasteiger partial charge in [-0.25, -0.2) is 0 Å². The van der Waals surface area contributed by atoms with Crippen LogP contribution in [0.4, 0.5) is 5.82 Å². The van der Waals surface area contributed by atoms with E-state index in [0.29, 0.717) is 13.2 Å². The number of hydrogen-bond donors (Lipinski definition) is 1. The average molecular weight is 286 g/mol. The van der Waals surface area contributed by atoms with Gasteiger partial charge in [0.25, 0.3) is 0 Å². The quantitative estimate of drug-likeness (QED) is 0.902. The van der Waals surface area contributed by atoms with Crippen LogP contribution in [0.1, 0.15) is 23.2 Å². The SMILES string of the molecule is Cc1ccc(N2CCOC(c3cc(=O)cc(C)[nH]3)C2)nn1. The Hall–Kier alpha value is -2.21. The second-order valence-corrected chi connectivity index (χ2v) is 5.29. The summed E-state index contributed by atoms with van der Waals surface area (Å²) in [6.45, 7) is 5.80. The van der Waals surface area contributed by atoms with Crippen LogP contribution in [0.5, 0.6) is 0 Å². The molecule has 0 radical (unpaired) electrons. The number of hydrogen-bond acceptors (Lipinski definition) is 5. The van der Waals surface area contributed by atoms with Gasteiger partial charge in [0.1, 0.15) is 6.10 Å². The molecule has 3 rings (SSSR count). The standard InChI is InChI=1S/C15H18N4O2/c1-10-3-4-15(18-17-10)19-5-6-21-14(9-19)13-8-12(20)7-11(2)16-13/h3-4,7-8,14H,5-6,9H2,1-2H3,(H,16,20). The first-order chi connectivity index (χ1) is 10.1. The zero-order valence-corrected chi connectivity index (χ0v) is 12.2. The fourth-order valence-electron chi connectivity index (χ4n) is 2.49. The topological polar surface area (TPSA) is 71.1 Å². The Morgan fingerprint density at radius 1 is 1.29 bits per heavy atom. The van der Waals surface area contributed by atoms with E-state index in [1.54, 1.807) is 12.1 Å². The summed E-state index contributed by atoms with van der Waals surface area (Å²) in [6.07, 6.45) is -0.158. The van der Waals surface area contributed by atoms with Crippen LogP contribution in [0.15, 0.2) is 29.1 Å². The molecule has 2 aromatic rings. The summed E-state index contributed by atoms with van der Waals surface area (Å²) >= 11 is 0. The first kappa shape index (κ1) is 13.8. The predicted octanol–water partition coefficient (Wildman–Crippen LogP) is 1.36. The van der Waals surface area contributed by atoms with E-state index < -0.39 is 0 Å². The van der Waals surface area contributed by atoms with Crippen molar-refractivity contribution in [2.24, 2.45) is 0 Å². The summed E-state index contributed by atoms with van der Waals surface area (Å²) < 4.78 is 5.79. The van der Waals surface area contributed by atoms with E-state index in [1.165, 1.54) is 0 Å². The molecule has 1 aliphatic heterocycles. The minimum Gasteiger partial charge on any atom is -0.368 e. The molecule has 3 heterocycles. The van der Waals surface area contributed by atoms with Crippen LogP contribution in [-0.4, -0.2) is 34.9 Å². The number of nitrogens with one attached hydrogen (secondary N) is 1. The number of aromatic amines is 1. The van der Waals surface area contributed by atoms with Crippen LogP contribution in [0.3, 0.4) is 0 Å². The molecule has 0 aliphatic carbocycles. The van der Waals surface area contributed by atoms with Gasteiger partial charge < -0.3 is 14.6 Å². The van der Waals surface area contributed by atoms with E-state index >= 15 is 0 Å². The molecule has 1 saturated heterocycles. The van der Waals surface area contributed by atoms with Crippen LogP contribution >= 0.6 is 0 Å². The zero-order chi connectivity index (χ0) is 14.8. The number of rotatable bonds is 2. The highest BCUT2D eigenvalue weighted by Gasteiger charge is 2.24. The fourth-order valence-corrected chi connectivity index (χ4v) is 2.49. The molecule has 0 spiro atoms. The van der Waals surface area contributed by atoms with E-state index in [-0.39, 0.29) is 11.5 Å². The lowest BCUT2D eigenvalue weighted by atomic mass is 10.1. The molecular weight excluding hydrogens is 268 g/mol. The van der Waals surface area contributed by atoms with Crippen LogP contribution in [0, 0.1) is 13.8 Å². The van der Waals surface area contributed by atoms with Gasteiger partial charge in [-0.15, -0.1) is 5.10 Å². The molecule has 1 fully saturated rings. The largest absolute Gasteiger partial charge is 0.368 e. The first-order valence-electron chi connectivity index (χ1n) is 6.99. The van der Waals surface area contributed by atoms with Gasteiger partial charge in [0.05, 0.1) is 18.8 Å². The molecule has 0 amide bonds. The fraction of sp³-hybridized carbons (Fsp3) is 0.400. The van der Waals surface area contributed by atoms with E-state index in [4.69, 9.17) is 4.74 Å². The normalized spacial score (nSPS) is 18.8. The van der Waals surface area contributed by atoms with Crippen molar-refractivity contribution in [3.63, 3.8) is 0 Å². The van der Waals surface area contributed by atoms with Crippen molar-refractivity contribution in [2.75, 3.05) is 24.6 Å². The lowest BCUT2D eigenvalue weighted by Gasteiger charge is -2.33. The van der Waals surface area contributed by atoms with Crippen LogP contribution in [-0.2, 0) is 4.74 Å². The van der Waals surface area contributed by atoms with Crippen molar-refractivity contribution < 1.29 is 4.74 Å². The molecule has 110 valence electrons. The molecule has 0 aromatic carbocycles. The molecule has 6 heteroatoms. The Balaban J connectivity index is 1.82. The van der Waals surface area contributed by atoms with Gasteiger partial charge in [-0.05, 0) is 26.0 Å².